The number of carbonyl (C=O) groups is 2. The number of carbonyl (C=O) groups excluding carboxylic acids is 2. The van der Waals surface area contributed by atoms with Gasteiger partial charge in [-0.15, -0.1) is 0 Å². The highest BCUT2D eigenvalue weighted by Gasteiger charge is 2.23. The van der Waals surface area contributed by atoms with Crippen LogP contribution >= 0.6 is 0 Å². The quantitative estimate of drug-likeness (QED) is 0.463. The monoisotopic (exact) mass is 486 g/mol. The van der Waals surface area contributed by atoms with E-state index in [-0.39, 0.29) is 17.7 Å². The lowest BCUT2D eigenvalue weighted by Gasteiger charge is -2.26. The van der Waals surface area contributed by atoms with Crippen LogP contribution in [-0.4, -0.2) is 37.0 Å². The number of hydrogen-bond donors (Lipinski definition) is 0. The maximum absolute atomic E-state index is 13.1. The van der Waals surface area contributed by atoms with Crippen molar-refractivity contribution in [2.24, 2.45) is 5.92 Å². The molecular formula is C30H34N2O4. The van der Waals surface area contributed by atoms with Crippen molar-refractivity contribution >= 4 is 17.5 Å². The van der Waals surface area contributed by atoms with Gasteiger partial charge in [0.2, 0.25) is 11.8 Å². The number of fused-ring (bicyclic) bond motifs is 1. The van der Waals surface area contributed by atoms with Crippen LogP contribution in [0.1, 0.15) is 36.1 Å². The molecule has 0 saturated carbocycles. The Hall–Kier alpha value is -3.80. The first-order chi connectivity index (χ1) is 17.3. The van der Waals surface area contributed by atoms with Crippen LogP contribution < -0.4 is 14.4 Å². The number of aryl methyl sites for hydroxylation is 1. The van der Waals surface area contributed by atoms with Gasteiger partial charge in [-0.25, -0.2) is 0 Å². The van der Waals surface area contributed by atoms with Gasteiger partial charge in [0.25, 0.3) is 0 Å². The first-order valence-corrected chi connectivity index (χ1v) is 12.4. The summed E-state index contributed by atoms with van der Waals surface area (Å²) in [7, 11) is 1.63. The molecule has 3 aromatic rings. The van der Waals surface area contributed by atoms with E-state index in [1.807, 2.05) is 91.2 Å². The normalized spacial score (nSPS) is 13.0. The van der Waals surface area contributed by atoms with Gasteiger partial charge in [0.15, 0.2) is 0 Å². The van der Waals surface area contributed by atoms with Crippen LogP contribution in [0.5, 0.6) is 11.5 Å². The zero-order chi connectivity index (χ0) is 25.7. The van der Waals surface area contributed by atoms with Gasteiger partial charge in [0.1, 0.15) is 18.1 Å². The van der Waals surface area contributed by atoms with E-state index in [0.29, 0.717) is 32.7 Å². The number of nitrogens with zero attached hydrogens (tertiary/aromatic N) is 2. The molecule has 0 radical (unpaired) electrons. The van der Waals surface area contributed by atoms with Gasteiger partial charge in [0, 0.05) is 23.7 Å². The number of benzene rings is 3. The number of anilines is 1. The summed E-state index contributed by atoms with van der Waals surface area (Å²) in [5.74, 6) is 1.56. The minimum absolute atomic E-state index is 0.0540. The van der Waals surface area contributed by atoms with Crippen LogP contribution in [0.4, 0.5) is 5.69 Å². The summed E-state index contributed by atoms with van der Waals surface area (Å²) in [5.41, 5.74) is 4.92. The molecule has 0 fully saturated rings. The molecule has 36 heavy (non-hydrogen) atoms. The third-order valence-corrected chi connectivity index (χ3v) is 6.42. The maximum Gasteiger partial charge on any atom is 0.229 e. The average molecular weight is 487 g/mol. The van der Waals surface area contributed by atoms with Crippen molar-refractivity contribution < 1.29 is 19.1 Å². The SMILES string of the molecule is COc1ccc(CC(=O)N2CCOc3ccc(CN(C(=O)C(C)C)c4ccc(C)cc4)cc3C2)cc1. The Labute approximate surface area is 213 Å². The highest BCUT2D eigenvalue weighted by atomic mass is 16.5. The van der Waals surface area contributed by atoms with E-state index in [0.717, 1.165) is 39.4 Å². The molecule has 3 aromatic carbocycles. The fourth-order valence-corrected chi connectivity index (χ4v) is 4.30. The standard InChI is InChI=1S/C30H34N2O4/c1-21(2)30(34)32(26-10-5-22(3)6-11-26)19-24-9-14-28-25(17-24)20-31(15-16-36-28)29(33)18-23-7-12-27(35-4)13-8-23/h5-14,17,21H,15-16,18-20H2,1-4H3. The minimum Gasteiger partial charge on any atom is -0.497 e. The number of methoxy groups -OCH3 is 1. The Morgan fingerprint density at radius 1 is 1.00 bits per heavy atom. The molecule has 1 aliphatic heterocycles. The first kappa shape index (κ1) is 25.3. The topological polar surface area (TPSA) is 59.1 Å². The van der Waals surface area contributed by atoms with Gasteiger partial charge in [-0.1, -0.05) is 49.7 Å². The van der Waals surface area contributed by atoms with E-state index >= 15 is 0 Å². The molecule has 6 nitrogen and oxygen atoms in total. The third kappa shape index (κ3) is 6.06. The number of hydrogen-bond acceptors (Lipinski definition) is 4. The number of amides is 2. The smallest absolute Gasteiger partial charge is 0.229 e. The fourth-order valence-electron chi connectivity index (χ4n) is 4.30. The number of ether oxygens (including phenoxy) is 2. The van der Waals surface area contributed by atoms with Crippen molar-refractivity contribution in [1.29, 1.82) is 0 Å². The highest BCUT2D eigenvalue weighted by Crippen LogP contribution is 2.27. The summed E-state index contributed by atoms with van der Waals surface area (Å²) in [5, 5.41) is 0. The van der Waals surface area contributed by atoms with Gasteiger partial charge >= 0.3 is 0 Å². The molecule has 0 bridgehead atoms. The van der Waals surface area contributed by atoms with Gasteiger partial charge in [0.05, 0.1) is 26.6 Å². The summed E-state index contributed by atoms with van der Waals surface area (Å²) >= 11 is 0. The summed E-state index contributed by atoms with van der Waals surface area (Å²) in [6.45, 7) is 7.77. The Bertz CT molecular complexity index is 1200. The first-order valence-electron chi connectivity index (χ1n) is 12.4. The Kier molecular flexibility index (Phi) is 7.93. The van der Waals surface area contributed by atoms with Crippen molar-refractivity contribution in [2.45, 2.75) is 40.3 Å². The van der Waals surface area contributed by atoms with Crippen molar-refractivity contribution in [1.82, 2.24) is 4.90 Å². The van der Waals surface area contributed by atoms with E-state index in [1.54, 1.807) is 7.11 Å². The Balaban J connectivity index is 1.52. The lowest BCUT2D eigenvalue weighted by atomic mass is 10.1. The van der Waals surface area contributed by atoms with Crippen molar-refractivity contribution in [3.8, 4) is 11.5 Å². The predicted molar refractivity (Wildman–Crippen MR) is 141 cm³/mol. The lowest BCUT2D eigenvalue weighted by Crippen LogP contribution is -2.34. The largest absolute Gasteiger partial charge is 0.497 e. The van der Waals surface area contributed by atoms with Crippen molar-refractivity contribution in [2.75, 3.05) is 25.2 Å². The summed E-state index contributed by atoms with van der Waals surface area (Å²) in [6.07, 6.45) is 0.323. The van der Waals surface area contributed by atoms with E-state index in [2.05, 4.69) is 6.07 Å². The molecule has 0 saturated heterocycles. The second kappa shape index (κ2) is 11.3. The molecule has 2 amide bonds. The molecule has 1 heterocycles. The molecule has 6 heteroatoms. The van der Waals surface area contributed by atoms with E-state index in [4.69, 9.17) is 9.47 Å². The van der Waals surface area contributed by atoms with E-state index in [9.17, 15) is 9.59 Å². The molecule has 0 atom stereocenters. The molecule has 188 valence electrons. The van der Waals surface area contributed by atoms with E-state index < -0.39 is 0 Å². The fraction of sp³-hybridized carbons (Fsp3) is 0.333. The third-order valence-electron chi connectivity index (χ3n) is 6.42. The minimum atomic E-state index is -0.124. The van der Waals surface area contributed by atoms with Gasteiger partial charge in [-0.2, -0.15) is 0 Å². The second-order valence-corrected chi connectivity index (χ2v) is 9.55. The molecule has 0 N–H and O–H groups in total. The maximum atomic E-state index is 13.1. The van der Waals surface area contributed by atoms with Gasteiger partial charge in [-0.05, 0) is 54.4 Å². The zero-order valence-electron chi connectivity index (χ0n) is 21.5. The molecule has 4 rings (SSSR count). The molecule has 0 spiro atoms. The summed E-state index contributed by atoms with van der Waals surface area (Å²) in [4.78, 5) is 29.9. The average Bonchev–Trinajstić information content (AvgIpc) is 3.10. The van der Waals surface area contributed by atoms with Crippen LogP contribution in [0.15, 0.2) is 66.7 Å². The van der Waals surface area contributed by atoms with Crippen molar-refractivity contribution in [3.05, 3.63) is 89.0 Å². The molecular weight excluding hydrogens is 452 g/mol. The summed E-state index contributed by atoms with van der Waals surface area (Å²) < 4.78 is 11.2. The van der Waals surface area contributed by atoms with Crippen LogP contribution in [0.3, 0.4) is 0 Å². The van der Waals surface area contributed by atoms with Gasteiger partial charge < -0.3 is 19.3 Å². The van der Waals surface area contributed by atoms with Crippen LogP contribution in [0.25, 0.3) is 0 Å². The lowest BCUT2D eigenvalue weighted by molar-refractivity contribution is -0.131. The molecule has 0 aliphatic carbocycles. The van der Waals surface area contributed by atoms with Gasteiger partial charge in [-0.3, -0.25) is 9.59 Å². The van der Waals surface area contributed by atoms with Crippen molar-refractivity contribution in [3.63, 3.8) is 0 Å². The summed E-state index contributed by atoms with van der Waals surface area (Å²) in [6, 6.07) is 21.6. The molecule has 1 aliphatic rings. The van der Waals surface area contributed by atoms with E-state index in [1.165, 1.54) is 0 Å². The Morgan fingerprint density at radius 2 is 1.69 bits per heavy atom. The number of rotatable bonds is 7. The van der Waals surface area contributed by atoms with Crippen LogP contribution in [0, 0.1) is 12.8 Å². The zero-order valence-corrected chi connectivity index (χ0v) is 21.5. The highest BCUT2D eigenvalue weighted by molar-refractivity contribution is 5.94. The molecule has 0 unspecified atom stereocenters. The second-order valence-electron chi connectivity index (χ2n) is 9.55. The molecule has 0 aromatic heterocycles. The van der Waals surface area contributed by atoms with Crippen LogP contribution in [0.2, 0.25) is 0 Å². The Morgan fingerprint density at radius 3 is 2.36 bits per heavy atom. The van der Waals surface area contributed by atoms with Crippen LogP contribution in [-0.2, 0) is 29.1 Å². The predicted octanol–water partition coefficient (Wildman–Crippen LogP) is 5.16.